The van der Waals surface area contributed by atoms with Crippen LogP contribution in [-0.2, 0) is 4.79 Å². The monoisotopic (exact) mass is 325 g/mol. The molecule has 19 heavy (non-hydrogen) atoms. The average Bonchev–Trinajstić information content (AvgIpc) is 2.54. The summed E-state index contributed by atoms with van der Waals surface area (Å²) < 4.78 is 0.691. The summed E-state index contributed by atoms with van der Waals surface area (Å²) in [5.74, 6) is -0.200. The van der Waals surface area contributed by atoms with Crippen LogP contribution in [0.5, 0.6) is 0 Å². The molecule has 1 aliphatic heterocycles. The van der Waals surface area contributed by atoms with Crippen LogP contribution in [0.25, 0.3) is 0 Å². The first-order valence-corrected chi connectivity index (χ1v) is 6.86. The highest BCUT2D eigenvalue weighted by Crippen LogP contribution is 2.21. The van der Waals surface area contributed by atoms with Crippen molar-refractivity contribution in [3.63, 3.8) is 0 Å². The Labute approximate surface area is 120 Å². The van der Waals surface area contributed by atoms with Gasteiger partial charge in [-0.3, -0.25) is 9.59 Å². The fourth-order valence-electron chi connectivity index (χ4n) is 2.04. The number of likely N-dealkylation sites (N-methyl/N-ethyl adjacent to an activating group) is 1. The largest absolute Gasteiger partial charge is 0.399 e. The number of benzene rings is 1. The minimum atomic E-state index is -0.164. The van der Waals surface area contributed by atoms with E-state index >= 15 is 0 Å². The van der Waals surface area contributed by atoms with Crippen LogP contribution >= 0.6 is 15.9 Å². The maximum Gasteiger partial charge on any atom is 0.255 e. The van der Waals surface area contributed by atoms with Crippen LogP contribution in [0.4, 0.5) is 5.69 Å². The van der Waals surface area contributed by atoms with E-state index < -0.39 is 0 Å². The molecule has 1 aromatic rings. The van der Waals surface area contributed by atoms with Crippen LogP contribution in [-0.4, -0.2) is 48.3 Å². The molecule has 0 bridgehead atoms. The maximum atomic E-state index is 12.4. The third kappa shape index (κ3) is 3.07. The summed E-state index contributed by atoms with van der Waals surface area (Å²) in [5, 5.41) is 0. The molecule has 0 spiro atoms. The molecule has 0 atom stereocenters. The van der Waals surface area contributed by atoms with Crippen molar-refractivity contribution in [3.05, 3.63) is 28.2 Å². The number of halogens is 1. The standard InChI is InChI=1S/C13H16BrN3O2/c1-16-5-2-6-17(8-12(16)18)13(19)10-7-9(15)3-4-11(10)14/h3-4,7H,2,5-6,8,15H2,1H3. The number of hydrogen-bond acceptors (Lipinski definition) is 3. The second-order valence-electron chi connectivity index (χ2n) is 4.63. The predicted molar refractivity (Wildman–Crippen MR) is 76.7 cm³/mol. The number of hydrogen-bond donors (Lipinski definition) is 1. The normalized spacial score (nSPS) is 16.4. The molecule has 0 radical (unpaired) electrons. The zero-order valence-corrected chi connectivity index (χ0v) is 12.3. The van der Waals surface area contributed by atoms with Gasteiger partial charge in [-0.1, -0.05) is 0 Å². The maximum absolute atomic E-state index is 12.4. The fourth-order valence-corrected chi connectivity index (χ4v) is 2.45. The lowest BCUT2D eigenvalue weighted by atomic mass is 10.1. The van der Waals surface area contributed by atoms with Crippen LogP contribution in [0.2, 0.25) is 0 Å². The summed E-state index contributed by atoms with van der Waals surface area (Å²) in [7, 11) is 1.76. The molecule has 2 rings (SSSR count). The molecular weight excluding hydrogens is 310 g/mol. The minimum absolute atomic E-state index is 0.0362. The summed E-state index contributed by atoms with van der Waals surface area (Å²) in [5.41, 5.74) is 6.74. The molecule has 1 fully saturated rings. The highest BCUT2D eigenvalue weighted by Gasteiger charge is 2.24. The number of anilines is 1. The first-order chi connectivity index (χ1) is 8.99. The zero-order valence-electron chi connectivity index (χ0n) is 10.7. The second kappa shape index (κ2) is 5.61. The van der Waals surface area contributed by atoms with Gasteiger partial charge >= 0.3 is 0 Å². The second-order valence-corrected chi connectivity index (χ2v) is 5.49. The van der Waals surface area contributed by atoms with E-state index in [1.54, 1.807) is 35.0 Å². The number of rotatable bonds is 1. The molecule has 6 heteroatoms. The van der Waals surface area contributed by atoms with Gasteiger partial charge in [-0.25, -0.2) is 0 Å². The van der Waals surface area contributed by atoms with Crippen molar-refractivity contribution in [2.75, 3.05) is 32.4 Å². The zero-order chi connectivity index (χ0) is 14.0. The van der Waals surface area contributed by atoms with Crippen LogP contribution in [0.15, 0.2) is 22.7 Å². The Bertz CT molecular complexity index is 519. The highest BCUT2D eigenvalue weighted by atomic mass is 79.9. The number of amides is 2. The molecule has 0 aromatic heterocycles. The van der Waals surface area contributed by atoms with Crippen molar-refractivity contribution in [3.8, 4) is 0 Å². The van der Waals surface area contributed by atoms with Crippen molar-refractivity contribution in [1.29, 1.82) is 0 Å². The summed E-state index contributed by atoms with van der Waals surface area (Å²) in [6.45, 7) is 1.38. The van der Waals surface area contributed by atoms with Gasteiger partial charge in [0.2, 0.25) is 5.91 Å². The van der Waals surface area contributed by atoms with Gasteiger partial charge in [0.25, 0.3) is 5.91 Å². The van der Waals surface area contributed by atoms with Crippen molar-refractivity contribution in [1.82, 2.24) is 9.80 Å². The third-order valence-corrected chi connectivity index (χ3v) is 3.87. The Hall–Kier alpha value is -1.56. The number of nitrogen functional groups attached to an aromatic ring is 1. The fraction of sp³-hybridized carbons (Fsp3) is 0.385. The Morgan fingerprint density at radius 2 is 2.11 bits per heavy atom. The first kappa shape index (κ1) is 13.9. The van der Waals surface area contributed by atoms with Crippen molar-refractivity contribution < 1.29 is 9.59 Å². The summed E-state index contributed by atoms with van der Waals surface area (Å²) in [6, 6.07) is 5.10. The molecule has 1 heterocycles. The van der Waals surface area contributed by atoms with Crippen molar-refractivity contribution >= 4 is 33.4 Å². The molecule has 0 unspecified atom stereocenters. The van der Waals surface area contributed by atoms with E-state index in [1.165, 1.54) is 0 Å². The number of carbonyl (C=O) groups excluding carboxylic acids is 2. The highest BCUT2D eigenvalue weighted by molar-refractivity contribution is 9.10. The average molecular weight is 326 g/mol. The molecule has 102 valence electrons. The van der Waals surface area contributed by atoms with Gasteiger partial charge in [0, 0.05) is 30.3 Å². The van der Waals surface area contributed by atoms with Crippen molar-refractivity contribution in [2.45, 2.75) is 6.42 Å². The van der Waals surface area contributed by atoms with E-state index in [-0.39, 0.29) is 18.4 Å². The Kier molecular flexibility index (Phi) is 4.09. The number of nitrogens with two attached hydrogens (primary N) is 1. The molecule has 0 aliphatic carbocycles. The van der Waals surface area contributed by atoms with Crippen LogP contribution < -0.4 is 5.73 Å². The van der Waals surface area contributed by atoms with Crippen LogP contribution in [0.1, 0.15) is 16.8 Å². The molecule has 2 amide bonds. The number of carbonyl (C=O) groups is 2. The molecule has 1 aromatic carbocycles. The van der Waals surface area contributed by atoms with Gasteiger partial charge in [-0.2, -0.15) is 0 Å². The molecule has 0 saturated carbocycles. The Morgan fingerprint density at radius 3 is 2.84 bits per heavy atom. The molecule has 1 saturated heterocycles. The summed E-state index contributed by atoms with van der Waals surface area (Å²) >= 11 is 3.35. The topological polar surface area (TPSA) is 66.6 Å². The van der Waals surface area contributed by atoms with E-state index in [2.05, 4.69) is 15.9 Å². The lowest BCUT2D eigenvalue weighted by Gasteiger charge is -2.20. The van der Waals surface area contributed by atoms with Gasteiger partial charge < -0.3 is 15.5 Å². The quantitative estimate of drug-likeness (QED) is 0.792. The van der Waals surface area contributed by atoms with Crippen LogP contribution in [0.3, 0.4) is 0 Å². The van der Waals surface area contributed by atoms with E-state index in [4.69, 9.17) is 5.73 Å². The predicted octanol–water partition coefficient (Wildman–Crippen LogP) is 1.34. The SMILES string of the molecule is CN1CCCN(C(=O)c2cc(N)ccc2Br)CC1=O. The first-order valence-electron chi connectivity index (χ1n) is 6.07. The van der Waals surface area contributed by atoms with Gasteiger partial charge in [-0.05, 0) is 40.5 Å². The van der Waals surface area contributed by atoms with Gasteiger partial charge in [-0.15, -0.1) is 0 Å². The van der Waals surface area contributed by atoms with E-state index in [9.17, 15) is 9.59 Å². The van der Waals surface area contributed by atoms with E-state index in [1.807, 2.05) is 0 Å². The lowest BCUT2D eigenvalue weighted by Crippen LogP contribution is -2.38. The summed E-state index contributed by atoms with van der Waals surface area (Å²) in [6.07, 6.45) is 0.786. The van der Waals surface area contributed by atoms with Gasteiger partial charge in [0.05, 0.1) is 5.56 Å². The molecular formula is C13H16BrN3O2. The van der Waals surface area contributed by atoms with Gasteiger partial charge in [0.15, 0.2) is 0 Å². The summed E-state index contributed by atoms with van der Waals surface area (Å²) in [4.78, 5) is 27.5. The van der Waals surface area contributed by atoms with E-state index in [0.29, 0.717) is 28.8 Å². The lowest BCUT2D eigenvalue weighted by molar-refractivity contribution is -0.129. The minimum Gasteiger partial charge on any atom is -0.399 e. The smallest absolute Gasteiger partial charge is 0.255 e. The van der Waals surface area contributed by atoms with Crippen LogP contribution in [0, 0.1) is 0 Å². The third-order valence-electron chi connectivity index (χ3n) is 3.18. The molecule has 2 N–H and O–H groups in total. The Balaban J connectivity index is 2.23. The van der Waals surface area contributed by atoms with E-state index in [0.717, 1.165) is 6.42 Å². The number of nitrogens with zero attached hydrogens (tertiary/aromatic N) is 2. The molecule has 1 aliphatic rings. The van der Waals surface area contributed by atoms with Gasteiger partial charge in [0.1, 0.15) is 6.54 Å². The Morgan fingerprint density at radius 1 is 1.37 bits per heavy atom. The molecule has 5 nitrogen and oxygen atoms in total. The van der Waals surface area contributed by atoms with Crippen molar-refractivity contribution in [2.24, 2.45) is 0 Å².